The average Bonchev–Trinajstić information content (AvgIpc) is 2.87. The number of alkyl halides is 2. The average molecular weight is 587 g/mol. The van der Waals surface area contributed by atoms with Crippen LogP contribution < -0.4 is 0 Å². The largest absolute Gasteiger partial charge is 0.508 e. The van der Waals surface area contributed by atoms with Crippen molar-refractivity contribution in [2.24, 2.45) is 5.92 Å². The number of hydrogen-bond donors (Lipinski definition) is 2. The van der Waals surface area contributed by atoms with Gasteiger partial charge in [-0.25, -0.2) is 4.79 Å². The van der Waals surface area contributed by atoms with E-state index in [0.29, 0.717) is 6.42 Å². The highest BCUT2D eigenvalue weighted by Gasteiger charge is 2.53. The number of carboxylic acids is 1. The molecule has 1 aromatic rings. The molecular weight excluding hydrogens is 554 g/mol. The van der Waals surface area contributed by atoms with Gasteiger partial charge in [-0.1, -0.05) is 35.9 Å². The molecule has 13 nitrogen and oxygen atoms in total. The minimum absolute atomic E-state index is 0.0176. The van der Waals surface area contributed by atoms with Gasteiger partial charge in [0.15, 0.2) is 6.10 Å². The van der Waals surface area contributed by atoms with Crippen LogP contribution in [0.2, 0.25) is 0 Å². The maximum absolute atomic E-state index is 15.1. The SMILES string of the molecule is C=C(C)[C@@H]1CCC(C)=C[C@@H]1c1c(O)cccc1C(CC(O[N+](=O)[O-])C(F)(F)C(=O)OCCCCO[N+](=O)[O-])C(=O)O. The number of ether oxygens (including phenoxy) is 1. The first-order valence-electron chi connectivity index (χ1n) is 12.7. The van der Waals surface area contributed by atoms with Crippen molar-refractivity contribution >= 4 is 11.9 Å². The van der Waals surface area contributed by atoms with Gasteiger partial charge in [0.1, 0.15) is 5.75 Å². The van der Waals surface area contributed by atoms with Crippen LogP contribution in [0.15, 0.2) is 42.0 Å². The number of unbranched alkanes of at least 4 members (excludes halogenated alkanes) is 1. The summed E-state index contributed by atoms with van der Waals surface area (Å²) in [6.07, 6.45) is -0.986. The Morgan fingerprint density at radius 1 is 1.20 bits per heavy atom. The van der Waals surface area contributed by atoms with Crippen molar-refractivity contribution < 1.29 is 53.2 Å². The smallest absolute Gasteiger partial charge is 0.379 e. The Bertz CT molecular complexity index is 1190. The number of benzene rings is 1. The van der Waals surface area contributed by atoms with E-state index in [9.17, 15) is 40.0 Å². The maximum Gasteiger partial charge on any atom is 0.379 e. The van der Waals surface area contributed by atoms with Crippen molar-refractivity contribution in [2.75, 3.05) is 13.2 Å². The van der Waals surface area contributed by atoms with E-state index in [1.54, 1.807) is 6.92 Å². The molecule has 1 aliphatic carbocycles. The minimum Gasteiger partial charge on any atom is -0.508 e. The van der Waals surface area contributed by atoms with E-state index in [0.717, 1.165) is 17.6 Å². The second kappa shape index (κ2) is 14.4. The van der Waals surface area contributed by atoms with Crippen molar-refractivity contribution in [3.8, 4) is 5.75 Å². The Labute approximate surface area is 233 Å². The van der Waals surface area contributed by atoms with E-state index >= 15 is 8.78 Å². The lowest BCUT2D eigenvalue weighted by Crippen LogP contribution is -2.46. The molecule has 0 saturated heterocycles. The molecule has 0 spiro atoms. The molecule has 0 aliphatic heterocycles. The fourth-order valence-corrected chi connectivity index (χ4v) is 4.82. The van der Waals surface area contributed by atoms with E-state index in [1.165, 1.54) is 18.2 Å². The molecule has 226 valence electrons. The second-order valence-corrected chi connectivity index (χ2v) is 9.78. The monoisotopic (exact) mass is 586 g/mol. The Morgan fingerprint density at radius 2 is 1.85 bits per heavy atom. The number of rotatable bonds is 16. The Hall–Kier alpha value is -4.30. The predicted molar refractivity (Wildman–Crippen MR) is 137 cm³/mol. The van der Waals surface area contributed by atoms with Crippen molar-refractivity contribution in [1.82, 2.24) is 0 Å². The number of carboxylic acid groups (broad SMARTS) is 1. The number of esters is 1. The highest BCUT2D eigenvalue weighted by molar-refractivity contribution is 5.80. The molecular formula is C26H32F2N2O11. The molecule has 41 heavy (non-hydrogen) atoms. The molecule has 0 fully saturated rings. The van der Waals surface area contributed by atoms with Crippen LogP contribution >= 0.6 is 0 Å². The first kappa shape index (κ1) is 32.9. The number of nitrogens with zero attached hydrogens (tertiary/aromatic N) is 2. The van der Waals surface area contributed by atoms with E-state index < -0.39 is 59.0 Å². The first-order valence-corrected chi connectivity index (χ1v) is 12.7. The number of aliphatic carboxylic acids is 1. The van der Waals surface area contributed by atoms with Gasteiger partial charge in [0.05, 0.1) is 19.1 Å². The summed E-state index contributed by atoms with van der Waals surface area (Å²) in [4.78, 5) is 54.0. The van der Waals surface area contributed by atoms with Crippen LogP contribution in [-0.4, -0.2) is 57.6 Å². The fraction of sp³-hybridized carbons (Fsp3) is 0.538. The second-order valence-electron chi connectivity index (χ2n) is 9.78. The fourth-order valence-electron chi connectivity index (χ4n) is 4.82. The molecule has 2 N–H and O–H groups in total. The predicted octanol–water partition coefficient (Wildman–Crippen LogP) is 4.71. The zero-order valence-electron chi connectivity index (χ0n) is 22.5. The van der Waals surface area contributed by atoms with Gasteiger partial charge in [0, 0.05) is 11.5 Å². The molecule has 0 saturated carbocycles. The number of carbonyl (C=O) groups is 2. The maximum atomic E-state index is 15.1. The summed E-state index contributed by atoms with van der Waals surface area (Å²) in [6.45, 7) is 6.64. The molecule has 0 aromatic heterocycles. The van der Waals surface area contributed by atoms with E-state index in [2.05, 4.69) is 21.0 Å². The van der Waals surface area contributed by atoms with Gasteiger partial charge in [-0.15, -0.1) is 20.2 Å². The standard InChI is InChI=1S/C26H32F2N2O11/c1-15(2)17-10-9-16(3)13-19(17)23-18(7-6-8-21(23)31)20(24(32)33)14-22(41-30(37)38)26(27,28)25(34)39-11-4-5-12-40-29(35)36/h6-8,13,17,19-20,22,31H,1,4-5,9-12,14H2,2-3H3,(H,32,33)/t17-,19-,20?,22?/m0/s1. The summed E-state index contributed by atoms with van der Waals surface area (Å²) in [5.41, 5.74) is 1.79. The van der Waals surface area contributed by atoms with Crippen LogP contribution in [0.5, 0.6) is 5.75 Å². The van der Waals surface area contributed by atoms with Gasteiger partial charge >= 0.3 is 17.9 Å². The number of allylic oxidation sites excluding steroid dienone is 3. The lowest BCUT2D eigenvalue weighted by molar-refractivity contribution is -0.773. The highest BCUT2D eigenvalue weighted by atomic mass is 19.3. The number of phenols is 1. The molecule has 2 rings (SSSR count). The zero-order chi connectivity index (χ0) is 30.9. The molecule has 0 heterocycles. The number of aromatic hydroxyl groups is 1. The topological polar surface area (TPSA) is 189 Å². The lowest BCUT2D eigenvalue weighted by atomic mass is 9.71. The van der Waals surface area contributed by atoms with Crippen molar-refractivity contribution in [1.29, 1.82) is 0 Å². The summed E-state index contributed by atoms with van der Waals surface area (Å²) < 4.78 is 34.8. The third-order valence-electron chi connectivity index (χ3n) is 6.81. The van der Waals surface area contributed by atoms with Crippen LogP contribution in [0.25, 0.3) is 0 Å². The van der Waals surface area contributed by atoms with Gasteiger partial charge in [-0.2, -0.15) is 8.78 Å². The summed E-state index contributed by atoms with van der Waals surface area (Å²) in [5, 5.41) is 39.5. The number of hydrogen-bond acceptors (Lipinski definition) is 10. The summed E-state index contributed by atoms with van der Waals surface area (Å²) in [5.74, 6) is -11.4. The van der Waals surface area contributed by atoms with Gasteiger partial charge in [0.25, 0.3) is 10.2 Å². The lowest BCUT2D eigenvalue weighted by Gasteiger charge is -2.33. The van der Waals surface area contributed by atoms with Crippen molar-refractivity contribution in [3.05, 3.63) is 73.4 Å². The molecule has 0 amide bonds. The molecule has 2 unspecified atom stereocenters. The van der Waals surface area contributed by atoms with E-state index in [4.69, 9.17) is 0 Å². The third kappa shape index (κ3) is 8.85. The third-order valence-corrected chi connectivity index (χ3v) is 6.81. The summed E-state index contributed by atoms with van der Waals surface area (Å²) >= 11 is 0. The highest BCUT2D eigenvalue weighted by Crippen LogP contribution is 2.46. The molecule has 4 atom stereocenters. The Kier molecular flexibility index (Phi) is 11.5. The van der Waals surface area contributed by atoms with Gasteiger partial charge in [0.2, 0.25) is 0 Å². The van der Waals surface area contributed by atoms with Crippen molar-refractivity contribution in [2.45, 2.75) is 69.8 Å². The normalized spacial score (nSPS) is 18.4. The minimum atomic E-state index is -4.66. The molecule has 15 heteroatoms. The number of halogens is 2. The molecule has 1 aliphatic rings. The summed E-state index contributed by atoms with van der Waals surface area (Å²) in [7, 11) is 0. The van der Waals surface area contributed by atoms with E-state index in [1.807, 2.05) is 13.0 Å². The molecule has 0 radical (unpaired) electrons. The number of phenolic OH excluding ortho intramolecular Hbond substituents is 1. The van der Waals surface area contributed by atoms with Gasteiger partial charge < -0.3 is 24.6 Å². The van der Waals surface area contributed by atoms with Crippen LogP contribution in [-0.2, 0) is 24.0 Å². The summed E-state index contributed by atoms with van der Waals surface area (Å²) in [6, 6.07) is 3.95. The zero-order valence-corrected chi connectivity index (χ0v) is 22.5. The van der Waals surface area contributed by atoms with Crippen LogP contribution in [0, 0.1) is 26.1 Å². The quantitative estimate of drug-likeness (QED) is 0.0897. The van der Waals surface area contributed by atoms with Crippen LogP contribution in [0.3, 0.4) is 0 Å². The number of carbonyl (C=O) groups excluding carboxylic acids is 1. The molecule has 0 bridgehead atoms. The Balaban J connectivity index is 2.40. The van der Waals surface area contributed by atoms with Crippen molar-refractivity contribution in [3.63, 3.8) is 0 Å². The molecule has 1 aromatic carbocycles. The van der Waals surface area contributed by atoms with Crippen LogP contribution in [0.4, 0.5) is 8.78 Å². The van der Waals surface area contributed by atoms with E-state index in [-0.39, 0.29) is 42.2 Å². The Morgan fingerprint density at radius 3 is 2.44 bits per heavy atom. The first-order chi connectivity index (χ1) is 19.2. The van der Waals surface area contributed by atoms with Gasteiger partial charge in [-0.3, -0.25) is 4.79 Å². The van der Waals surface area contributed by atoms with Gasteiger partial charge in [-0.05, 0) is 63.5 Å². The van der Waals surface area contributed by atoms with Crippen LogP contribution in [0.1, 0.15) is 68.9 Å².